The van der Waals surface area contributed by atoms with Crippen LogP contribution in [0.15, 0.2) is 4.47 Å². The van der Waals surface area contributed by atoms with E-state index in [1.165, 1.54) is 29.4 Å². The summed E-state index contributed by atoms with van der Waals surface area (Å²) in [5.74, 6) is 0.811. The Morgan fingerprint density at radius 1 is 1.56 bits per heavy atom. The molecule has 102 valence electrons. The highest BCUT2D eigenvalue weighted by Crippen LogP contribution is 2.44. The van der Waals surface area contributed by atoms with Crippen LogP contribution in [0.1, 0.15) is 44.5 Å². The molecule has 0 aromatic carbocycles. The molecular formula is C14H24BrN3. The first-order chi connectivity index (χ1) is 8.51. The van der Waals surface area contributed by atoms with Crippen molar-refractivity contribution in [2.75, 3.05) is 6.54 Å². The highest BCUT2D eigenvalue weighted by molar-refractivity contribution is 9.10. The molecule has 1 aliphatic carbocycles. The molecule has 1 heterocycles. The number of nitrogens with zero attached hydrogens (tertiary/aromatic N) is 2. The molecule has 0 saturated heterocycles. The maximum absolute atomic E-state index is 6.07. The number of nitrogens with two attached hydrogens (primary N) is 1. The second-order valence-electron chi connectivity index (χ2n) is 5.91. The largest absolute Gasteiger partial charge is 0.330 e. The summed E-state index contributed by atoms with van der Waals surface area (Å²) in [5.41, 5.74) is 8.84. The Hall–Kier alpha value is -0.350. The van der Waals surface area contributed by atoms with Gasteiger partial charge in [0.2, 0.25) is 0 Å². The van der Waals surface area contributed by atoms with E-state index in [1.807, 2.05) is 11.7 Å². The predicted octanol–water partition coefficient (Wildman–Crippen LogP) is 3.05. The van der Waals surface area contributed by atoms with Crippen LogP contribution in [-0.2, 0) is 19.9 Å². The average Bonchev–Trinajstić information content (AvgIpc) is 2.85. The smallest absolute Gasteiger partial charge is 0.0766 e. The van der Waals surface area contributed by atoms with Crippen molar-refractivity contribution in [2.45, 2.75) is 46.0 Å². The molecule has 0 bridgehead atoms. The maximum atomic E-state index is 6.07. The number of rotatable bonds is 4. The molecule has 1 aliphatic rings. The first-order valence-electron chi connectivity index (χ1n) is 6.91. The molecule has 2 N–H and O–H groups in total. The van der Waals surface area contributed by atoms with E-state index in [2.05, 4.69) is 34.9 Å². The monoisotopic (exact) mass is 313 g/mol. The van der Waals surface area contributed by atoms with Gasteiger partial charge in [-0.2, -0.15) is 5.10 Å². The lowest BCUT2D eigenvalue weighted by Gasteiger charge is -2.27. The molecule has 0 radical (unpaired) electrons. The van der Waals surface area contributed by atoms with Gasteiger partial charge >= 0.3 is 0 Å². The molecule has 4 heteroatoms. The highest BCUT2D eigenvalue weighted by atomic mass is 79.9. The van der Waals surface area contributed by atoms with Gasteiger partial charge in [-0.25, -0.2) is 0 Å². The van der Waals surface area contributed by atoms with E-state index in [0.29, 0.717) is 5.41 Å². The quantitative estimate of drug-likeness (QED) is 0.928. The van der Waals surface area contributed by atoms with Gasteiger partial charge in [0.25, 0.3) is 0 Å². The molecule has 2 unspecified atom stereocenters. The standard InChI is InChI=1S/C14H24BrN3/c1-4-11-13(15)12(18(3)17-11)8-14(9-16)6-5-10(2)7-14/h10H,4-9,16H2,1-3H3. The Morgan fingerprint density at radius 2 is 2.28 bits per heavy atom. The molecule has 0 spiro atoms. The van der Waals surface area contributed by atoms with Gasteiger partial charge in [-0.15, -0.1) is 0 Å². The van der Waals surface area contributed by atoms with Crippen molar-refractivity contribution in [1.29, 1.82) is 0 Å². The predicted molar refractivity (Wildman–Crippen MR) is 78.5 cm³/mol. The summed E-state index contributed by atoms with van der Waals surface area (Å²) >= 11 is 3.71. The molecule has 1 aromatic rings. The van der Waals surface area contributed by atoms with Crippen molar-refractivity contribution in [3.05, 3.63) is 15.9 Å². The Kier molecular flexibility index (Phi) is 4.17. The van der Waals surface area contributed by atoms with Crippen molar-refractivity contribution in [3.63, 3.8) is 0 Å². The van der Waals surface area contributed by atoms with Gasteiger partial charge < -0.3 is 5.73 Å². The Balaban J connectivity index is 2.25. The Labute approximate surface area is 118 Å². The normalized spacial score (nSPS) is 27.9. The van der Waals surface area contributed by atoms with E-state index < -0.39 is 0 Å². The minimum atomic E-state index is 0.292. The third-order valence-corrected chi connectivity index (χ3v) is 5.34. The molecule has 1 saturated carbocycles. The van der Waals surface area contributed by atoms with Crippen LogP contribution in [0.25, 0.3) is 0 Å². The minimum absolute atomic E-state index is 0.292. The SMILES string of the molecule is CCc1nn(C)c(CC2(CN)CCC(C)C2)c1Br. The molecule has 0 amide bonds. The molecule has 1 aromatic heterocycles. The van der Waals surface area contributed by atoms with Crippen molar-refractivity contribution >= 4 is 15.9 Å². The lowest BCUT2D eigenvalue weighted by atomic mass is 9.81. The number of aryl methyl sites for hydroxylation is 2. The average molecular weight is 314 g/mol. The van der Waals surface area contributed by atoms with Crippen molar-refractivity contribution < 1.29 is 0 Å². The van der Waals surface area contributed by atoms with E-state index in [0.717, 1.165) is 31.0 Å². The van der Waals surface area contributed by atoms with Crippen LogP contribution < -0.4 is 5.73 Å². The second kappa shape index (κ2) is 5.33. The molecule has 1 fully saturated rings. The molecule has 18 heavy (non-hydrogen) atoms. The number of hydrogen-bond acceptors (Lipinski definition) is 2. The Morgan fingerprint density at radius 3 is 2.72 bits per heavy atom. The fraction of sp³-hybridized carbons (Fsp3) is 0.786. The van der Waals surface area contributed by atoms with E-state index in [-0.39, 0.29) is 0 Å². The van der Waals surface area contributed by atoms with E-state index in [1.54, 1.807) is 0 Å². The van der Waals surface area contributed by atoms with E-state index in [4.69, 9.17) is 5.73 Å². The van der Waals surface area contributed by atoms with Crippen LogP contribution in [0.5, 0.6) is 0 Å². The highest BCUT2D eigenvalue weighted by Gasteiger charge is 2.37. The maximum Gasteiger partial charge on any atom is 0.0766 e. The molecule has 2 atom stereocenters. The third kappa shape index (κ3) is 2.50. The zero-order valence-electron chi connectivity index (χ0n) is 11.7. The van der Waals surface area contributed by atoms with Crippen molar-refractivity contribution in [3.8, 4) is 0 Å². The van der Waals surface area contributed by atoms with Gasteiger partial charge in [0.1, 0.15) is 0 Å². The van der Waals surface area contributed by atoms with Gasteiger partial charge in [0.15, 0.2) is 0 Å². The zero-order chi connectivity index (χ0) is 13.3. The summed E-state index contributed by atoms with van der Waals surface area (Å²) in [6.45, 7) is 5.27. The summed E-state index contributed by atoms with van der Waals surface area (Å²) in [5, 5.41) is 4.58. The van der Waals surface area contributed by atoms with Gasteiger partial charge in [0, 0.05) is 7.05 Å². The third-order valence-electron chi connectivity index (χ3n) is 4.43. The van der Waals surface area contributed by atoms with Crippen LogP contribution >= 0.6 is 15.9 Å². The summed E-state index contributed by atoms with van der Waals surface area (Å²) in [6, 6.07) is 0. The summed E-state index contributed by atoms with van der Waals surface area (Å²) < 4.78 is 3.23. The van der Waals surface area contributed by atoms with Crippen LogP contribution in [-0.4, -0.2) is 16.3 Å². The first-order valence-corrected chi connectivity index (χ1v) is 7.71. The molecule has 2 rings (SSSR count). The summed E-state index contributed by atoms with van der Waals surface area (Å²) in [6.07, 6.45) is 5.85. The topological polar surface area (TPSA) is 43.8 Å². The lowest BCUT2D eigenvalue weighted by molar-refractivity contribution is 0.288. The van der Waals surface area contributed by atoms with Crippen molar-refractivity contribution in [1.82, 2.24) is 9.78 Å². The van der Waals surface area contributed by atoms with Crippen molar-refractivity contribution in [2.24, 2.45) is 24.1 Å². The van der Waals surface area contributed by atoms with E-state index in [9.17, 15) is 0 Å². The van der Waals surface area contributed by atoms with Gasteiger partial charge in [-0.3, -0.25) is 4.68 Å². The summed E-state index contributed by atoms with van der Waals surface area (Å²) in [7, 11) is 2.04. The number of aromatic nitrogens is 2. The van der Waals surface area contributed by atoms with Crippen LogP contribution in [0, 0.1) is 11.3 Å². The summed E-state index contributed by atoms with van der Waals surface area (Å²) in [4.78, 5) is 0. The molecule has 3 nitrogen and oxygen atoms in total. The fourth-order valence-corrected chi connectivity index (χ4v) is 4.04. The molecular weight excluding hydrogens is 290 g/mol. The van der Waals surface area contributed by atoms with Gasteiger partial charge in [0.05, 0.1) is 15.9 Å². The first kappa shape index (κ1) is 14.1. The van der Waals surface area contributed by atoms with Crippen LogP contribution in [0.3, 0.4) is 0 Å². The van der Waals surface area contributed by atoms with Crippen LogP contribution in [0.4, 0.5) is 0 Å². The number of halogens is 1. The van der Waals surface area contributed by atoms with Crippen LogP contribution in [0.2, 0.25) is 0 Å². The van der Waals surface area contributed by atoms with E-state index >= 15 is 0 Å². The Bertz CT molecular complexity index is 427. The van der Waals surface area contributed by atoms with Gasteiger partial charge in [-0.1, -0.05) is 20.3 Å². The fourth-order valence-electron chi connectivity index (χ4n) is 3.28. The second-order valence-corrected chi connectivity index (χ2v) is 6.71. The lowest BCUT2D eigenvalue weighted by Crippen LogP contribution is -2.31. The van der Waals surface area contributed by atoms with Gasteiger partial charge in [-0.05, 0) is 59.5 Å². The zero-order valence-corrected chi connectivity index (χ0v) is 13.3. The molecule has 0 aliphatic heterocycles. The number of hydrogen-bond donors (Lipinski definition) is 1. The minimum Gasteiger partial charge on any atom is -0.330 e.